The zero-order valence-electron chi connectivity index (χ0n) is 9.85. The molecule has 1 N–H and O–H groups in total. The molecule has 0 saturated heterocycles. The summed E-state index contributed by atoms with van der Waals surface area (Å²) >= 11 is 0. The fraction of sp³-hybridized carbons (Fsp3) is 0. The number of H-pyrrole nitrogens is 1. The van der Waals surface area contributed by atoms with Crippen molar-refractivity contribution < 1.29 is 4.92 Å². The number of aromatic amines is 1. The highest BCUT2D eigenvalue weighted by Crippen LogP contribution is 2.22. The van der Waals surface area contributed by atoms with Crippen molar-refractivity contribution in [2.24, 2.45) is 0 Å². The van der Waals surface area contributed by atoms with Crippen molar-refractivity contribution in [3.05, 3.63) is 65.1 Å². The van der Waals surface area contributed by atoms with Gasteiger partial charge in [0.1, 0.15) is 0 Å². The first kappa shape index (κ1) is 11.2. The van der Waals surface area contributed by atoms with Gasteiger partial charge in [0, 0.05) is 36.3 Å². The number of hydrogen-bond acceptors (Lipinski definition) is 3. The Morgan fingerprint density at radius 1 is 1.26 bits per heavy atom. The molecular weight excluding hydrogens is 244 g/mol. The standard InChI is InChI=1S/C13H10N4O2/c18-17(19)11-3-1-2-10(8-11)13-5-7-16(15-13)12-4-6-14-9-12/h1-9,14H. The molecule has 0 spiro atoms. The Hall–Kier alpha value is -2.89. The number of nitro groups is 1. The molecule has 0 saturated carbocycles. The van der Waals surface area contributed by atoms with E-state index in [-0.39, 0.29) is 5.69 Å². The number of aromatic nitrogens is 3. The molecule has 0 radical (unpaired) electrons. The first-order valence-electron chi connectivity index (χ1n) is 5.68. The molecule has 2 aromatic heterocycles. The molecule has 3 aromatic rings. The lowest BCUT2D eigenvalue weighted by molar-refractivity contribution is -0.384. The lowest BCUT2D eigenvalue weighted by Crippen LogP contribution is -1.93. The number of non-ortho nitro benzene ring substituents is 1. The molecule has 0 bridgehead atoms. The maximum absolute atomic E-state index is 10.8. The zero-order chi connectivity index (χ0) is 13.2. The van der Waals surface area contributed by atoms with Crippen molar-refractivity contribution in [3.63, 3.8) is 0 Å². The molecule has 0 aliphatic heterocycles. The van der Waals surface area contributed by atoms with Gasteiger partial charge in [0.2, 0.25) is 0 Å². The van der Waals surface area contributed by atoms with Gasteiger partial charge in [-0.15, -0.1) is 0 Å². The van der Waals surface area contributed by atoms with Gasteiger partial charge in [0.05, 0.1) is 16.3 Å². The van der Waals surface area contributed by atoms with Crippen LogP contribution in [0.15, 0.2) is 55.0 Å². The smallest absolute Gasteiger partial charge is 0.270 e. The molecule has 6 heteroatoms. The molecule has 0 amide bonds. The molecule has 0 atom stereocenters. The Morgan fingerprint density at radius 3 is 2.89 bits per heavy atom. The van der Waals surface area contributed by atoms with Gasteiger partial charge in [0.25, 0.3) is 5.69 Å². The van der Waals surface area contributed by atoms with Gasteiger partial charge in [-0.25, -0.2) is 4.68 Å². The minimum absolute atomic E-state index is 0.0636. The van der Waals surface area contributed by atoms with Crippen LogP contribution in [-0.2, 0) is 0 Å². The van der Waals surface area contributed by atoms with Crippen LogP contribution in [0.25, 0.3) is 16.9 Å². The predicted molar refractivity (Wildman–Crippen MR) is 70.0 cm³/mol. The van der Waals surface area contributed by atoms with E-state index in [1.165, 1.54) is 12.1 Å². The van der Waals surface area contributed by atoms with Crippen LogP contribution in [0.4, 0.5) is 5.69 Å². The molecule has 19 heavy (non-hydrogen) atoms. The minimum atomic E-state index is -0.410. The van der Waals surface area contributed by atoms with Gasteiger partial charge in [-0.1, -0.05) is 12.1 Å². The number of nitrogens with one attached hydrogen (secondary N) is 1. The maximum atomic E-state index is 10.8. The molecule has 1 aromatic carbocycles. The molecule has 0 unspecified atom stereocenters. The molecule has 94 valence electrons. The first-order chi connectivity index (χ1) is 9.24. The van der Waals surface area contributed by atoms with Gasteiger partial charge < -0.3 is 4.98 Å². The second-order valence-electron chi connectivity index (χ2n) is 4.02. The predicted octanol–water partition coefficient (Wildman–Crippen LogP) is 2.78. The Kier molecular flexibility index (Phi) is 2.60. The third-order valence-corrected chi connectivity index (χ3v) is 2.79. The van der Waals surface area contributed by atoms with Gasteiger partial charge in [-0.2, -0.15) is 5.10 Å². The van der Waals surface area contributed by atoms with E-state index in [2.05, 4.69) is 10.1 Å². The van der Waals surface area contributed by atoms with Crippen LogP contribution < -0.4 is 0 Å². The monoisotopic (exact) mass is 254 g/mol. The molecule has 3 rings (SSSR count). The van der Waals surface area contributed by atoms with Gasteiger partial charge in [0.15, 0.2) is 0 Å². The summed E-state index contributed by atoms with van der Waals surface area (Å²) in [5, 5.41) is 15.1. The maximum Gasteiger partial charge on any atom is 0.270 e. The molecule has 0 fully saturated rings. The number of rotatable bonds is 3. The van der Waals surface area contributed by atoms with E-state index in [1.807, 2.05) is 30.7 Å². The molecular formula is C13H10N4O2. The Balaban J connectivity index is 1.99. The average molecular weight is 254 g/mol. The normalized spacial score (nSPS) is 10.5. The second kappa shape index (κ2) is 4.41. The van der Waals surface area contributed by atoms with Gasteiger partial charge in [-0.3, -0.25) is 10.1 Å². The number of nitro benzene ring substituents is 1. The second-order valence-corrected chi connectivity index (χ2v) is 4.02. The summed E-state index contributed by atoms with van der Waals surface area (Å²) in [6, 6.07) is 10.2. The summed E-state index contributed by atoms with van der Waals surface area (Å²) in [5.74, 6) is 0. The average Bonchev–Trinajstić information content (AvgIpc) is 3.09. The van der Waals surface area contributed by atoms with Crippen LogP contribution in [-0.4, -0.2) is 19.7 Å². The van der Waals surface area contributed by atoms with Crippen molar-refractivity contribution in [2.75, 3.05) is 0 Å². The molecule has 6 nitrogen and oxygen atoms in total. The molecule has 2 heterocycles. The quantitative estimate of drug-likeness (QED) is 0.576. The topological polar surface area (TPSA) is 76.8 Å². The summed E-state index contributed by atoms with van der Waals surface area (Å²) in [7, 11) is 0. The Morgan fingerprint density at radius 2 is 2.16 bits per heavy atom. The Labute approximate surface area is 108 Å². The van der Waals surface area contributed by atoms with Gasteiger partial charge in [-0.05, 0) is 12.1 Å². The van der Waals surface area contributed by atoms with Crippen LogP contribution in [0.5, 0.6) is 0 Å². The summed E-state index contributed by atoms with van der Waals surface area (Å²) in [4.78, 5) is 13.3. The largest absolute Gasteiger partial charge is 0.366 e. The van der Waals surface area contributed by atoms with E-state index >= 15 is 0 Å². The lowest BCUT2D eigenvalue weighted by Gasteiger charge is -1.98. The third kappa shape index (κ3) is 2.11. The van der Waals surface area contributed by atoms with E-state index in [4.69, 9.17) is 0 Å². The van der Waals surface area contributed by atoms with Gasteiger partial charge >= 0.3 is 0 Å². The van der Waals surface area contributed by atoms with E-state index in [0.717, 1.165) is 11.3 Å². The van der Waals surface area contributed by atoms with Crippen molar-refractivity contribution in [2.45, 2.75) is 0 Å². The zero-order valence-corrected chi connectivity index (χ0v) is 9.85. The van der Waals surface area contributed by atoms with Crippen LogP contribution in [0, 0.1) is 10.1 Å². The van der Waals surface area contributed by atoms with E-state index in [1.54, 1.807) is 16.8 Å². The number of hydrogen-bond donors (Lipinski definition) is 1. The van der Waals surface area contributed by atoms with Crippen LogP contribution in [0.2, 0.25) is 0 Å². The number of nitrogens with zero attached hydrogens (tertiary/aromatic N) is 3. The highest BCUT2D eigenvalue weighted by Gasteiger charge is 2.09. The molecule has 0 aliphatic rings. The van der Waals surface area contributed by atoms with Crippen molar-refractivity contribution in [1.82, 2.24) is 14.8 Å². The summed E-state index contributed by atoms with van der Waals surface area (Å²) in [6.07, 6.45) is 5.45. The van der Waals surface area contributed by atoms with E-state index in [0.29, 0.717) is 5.69 Å². The van der Waals surface area contributed by atoms with Crippen LogP contribution in [0.3, 0.4) is 0 Å². The molecule has 0 aliphatic carbocycles. The minimum Gasteiger partial charge on any atom is -0.366 e. The van der Waals surface area contributed by atoms with E-state index < -0.39 is 4.92 Å². The highest BCUT2D eigenvalue weighted by molar-refractivity contribution is 5.62. The fourth-order valence-electron chi connectivity index (χ4n) is 1.86. The lowest BCUT2D eigenvalue weighted by atomic mass is 10.1. The SMILES string of the molecule is O=[N+]([O-])c1cccc(-c2ccn(-c3cc[nH]c3)n2)c1. The highest BCUT2D eigenvalue weighted by atomic mass is 16.6. The van der Waals surface area contributed by atoms with Crippen molar-refractivity contribution in [3.8, 4) is 16.9 Å². The van der Waals surface area contributed by atoms with Crippen LogP contribution >= 0.6 is 0 Å². The van der Waals surface area contributed by atoms with Crippen molar-refractivity contribution in [1.29, 1.82) is 0 Å². The van der Waals surface area contributed by atoms with Crippen molar-refractivity contribution >= 4 is 5.69 Å². The van der Waals surface area contributed by atoms with E-state index in [9.17, 15) is 10.1 Å². The third-order valence-electron chi connectivity index (χ3n) is 2.79. The summed E-state index contributed by atoms with van der Waals surface area (Å²) in [5.41, 5.74) is 2.40. The fourth-order valence-corrected chi connectivity index (χ4v) is 1.86. The summed E-state index contributed by atoms with van der Waals surface area (Å²) < 4.78 is 1.71. The Bertz CT molecular complexity index is 716. The first-order valence-corrected chi connectivity index (χ1v) is 5.68. The summed E-state index contributed by atoms with van der Waals surface area (Å²) in [6.45, 7) is 0. The van der Waals surface area contributed by atoms with Crippen LogP contribution in [0.1, 0.15) is 0 Å². The number of benzene rings is 1.